The van der Waals surface area contributed by atoms with Crippen molar-refractivity contribution in [1.82, 2.24) is 20.1 Å². The second kappa shape index (κ2) is 10.7. The van der Waals surface area contributed by atoms with Crippen LogP contribution >= 0.6 is 0 Å². The molecular formula is C29H30N4O4. The summed E-state index contributed by atoms with van der Waals surface area (Å²) in [5.74, 6) is 1.21. The summed E-state index contributed by atoms with van der Waals surface area (Å²) in [5.41, 5.74) is 4.06. The maximum absolute atomic E-state index is 13.7. The third-order valence-corrected chi connectivity index (χ3v) is 6.63. The Hall–Kier alpha value is -4.33. The molecule has 5 rings (SSSR count). The number of rotatable bonds is 10. The van der Waals surface area contributed by atoms with Crippen molar-refractivity contribution in [3.8, 4) is 28.5 Å². The fourth-order valence-electron chi connectivity index (χ4n) is 4.78. The number of fused-ring (bicyclic) bond motifs is 1. The molecule has 1 atom stereocenters. The highest BCUT2D eigenvalue weighted by Crippen LogP contribution is 2.46. The van der Waals surface area contributed by atoms with E-state index in [4.69, 9.17) is 9.47 Å². The summed E-state index contributed by atoms with van der Waals surface area (Å²) in [6.07, 6.45) is 6.63. The maximum atomic E-state index is 13.7. The molecule has 0 radical (unpaired) electrons. The smallest absolute Gasteiger partial charge is 0.273 e. The SMILES string of the molecule is CCCCCOc1ccc(C2c3c(-c4ccccc4O)n[nH]c3C(=O)N2Cc2ccncc2)cc1OC. The molecule has 4 aromatic rings. The molecular weight excluding hydrogens is 468 g/mol. The molecule has 0 aliphatic carbocycles. The molecule has 1 aliphatic rings. The van der Waals surface area contributed by atoms with Gasteiger partial charge in [-0.15, -0.1) is 0 Å². The van der Waals surface area contributed by atoms with Crippen molar-refractivity contribution in [3.63, 3.8) is 0 Å². The van der Waals surface area contributed by atoms with Crippen molar-refractivity contribution in [2.24, 2.45) is 0 Å². The number of para-hydroxylation sites is 1. The number of ether oxygens (including phenoxy) is 2. The molecule has 3 heterocycles. The first kappa shape index (κ1) is 24.4. The number of nitrogens with one attached hydrogen (secondary N) is 1. The number of hydrogen-bond donors (Lipinski definition) is 2. The zero-order chi connectivity index (χ0) is 25.8. The number of phenolic OH excluding ortho intramolecular Hbond substituents is 1. The summed E-state index contributed by atoms with van der Waals surface area (Å²) >= 11 is 0. The lowest BCUT2D eigenvalue weighted by Gasteiger charge is -2.27. The normalized spacial score (nSPS) is 14.6. The van der Waals surface area contributed by atoms with Crippen molar-refractivity contribution in [2.75, 3.05) is 13.7 Å². The van der Waals surface area contributed by atoms with Crippen molar-refractivity contribution in [3.05, 3.63) is 89.4 Å². The predicted molar refractivity (Wildman–Crippen MR) is 140 cm³/mol. The molecule has 0 saturated heterocycles. The van der Waals surface area contributed by atoms with Crippen LogP contribution in [0.5, 0.6) is 17.2 Å². The lowest BCUT2D eigenvalue weighted by Crippen LogP contribution is -2.29. The Balaban J connectivity index is 1.58. The number of carbonyl (C=O) groups is 1. The maximum Gasteiger partial charge on any atom is 0.273 e. The Morgan fingerprint density at radius 2 is 1.86 bits per heavy atom. The molecule has 0 bridgehead atoms. The Morgan fingerprint density at radius 3 is 2.62 bits per heavy atom. The second-order valence-corrected chi connectivity index (χ2v) is 9.03. The van der Waals surface area contributed by atoms with E-state index in [9.17, 15) is 9.90 Å². The van der Waals surface area contributed by atoms with Gasteiger partial charge < -0.3 is 19.5 Å². The Labute approximate surface area is 215 Å². The van der Waals surface area contributed by atoms with Gasteiger partial charge in [0.2, 0.25) is 0 Å². The summed E-state index contributed by atoms with van der Waals surface area (Å²) in [6.45, 7) is 3.15. The third kappa shape index (κ3) is 4.74. The first-order valence-corrected chi connectivity index (χ1v) is 12.5. The van der Waals surface area contributed by atoms with Gasteiger partial charge in [0.05, 0.1) is 19.8 Å². The van der Waals surface area contributed by atoms with E-state index in [0.717, 1.165) is 36.0 Å². The van der Waals surface area contributed by atoms with Crippen molar-refractivity contribution in [2.45, 2.75) is 38.8 Å². The average molecular weight is 499 g/mol. The fourth-order valence-corrected chi connectivity index (χ4v) is 4.78. The molecule has 2 aromatic heterocycles. The van der Waals surface area contributed by atoms with Crippen LogP contribution in [0.3, 0.4) is 0 Å². The number of pyridine rings is 1. The van der Waals surface area contributed by atoms with E-state index < -0.39 is 6.04 Å². The highest BCUT2D eigenvalue weighted by Gasteiger charge is 2.42. The molecule has 8 nitrogen and oxygen atoms in total. The van der Waals surface area contributed by atoms with Gasteiger partial charge in [-0.2, -0.15) is 5.10 Å². The number of H-pyrrole nitrogens is 1. The summed E-state index contributed by atoms with van der Waals surface area (Å²) < 4.78 is 11.7. The molecule has 1 amide bonds. The van der Waals surface area contributed by atoms with Gasteiger partial charge in [-0.1, -0.05) is 38.0 Å². The number of benzene rings is 2. The first-order valence-electron chi connectivity index (χ1n) is 12.5. The van der Waals surface area contributed by atoms with Crippen LogP contribution in [-0.2, 0) is 6.54 Å². The van der Waals surface area contributed by atoms with E-state index in [1.807, 2.05) is 36.4 Å². The minimum Gasteiger partial charge on any atom is -0.507 e. The van der Waals surface area contributed by atoms with Crippen LogP contribution in [0.2, 0.25) is 0 Å². The summed E-state index contributed by atoms with van der Waals surface area (Å²) in [6, 6.07) is 16.1. The average Bonchev–Trinajstić information content (AvgIpc) is 3.46. The van der Waals surface area contributed by atoms with E-state index in [1.165, 1.54) is 0 Å². The van der Waals surface area contributed by atoms with E-state index in [0.29, 0.717) is 41.6 Å². The van der Waals surface area contributed by atoms with Crippen LogP contribution < -0.4 is 9.47 Å². The molecule has 2 N–H and O–H groups in total. The highest BCUT2D eigenvalue weighted by atomic mass is 16.5. The van der Waals surface area contributed by atoms with E-state index in [1.54, 1.807) is 42.6 Å². The van der Waals surface area contributed by atoms with Crippen LogP contribution in [0.15, 0.2) is 67.0 Å². The molecule has 0 fully saturated rings. The molecule has 8 heteroatoms. The molecule has 1 unspecified atom stereocenters. The summed E-state index contributed by atoms with van der Waals surface area (Å²) in [7, 11) is 1.61. The molecule has 1 aliphatic heterocycles. The fraction of sp³-hybridized carbons (Fsp3) is 0.276. The van der Waals surface area contributed by atoms with E-state index >= 15 is 0 Å². The van der Waals surface area contributed by atoms with E-state index in [2.05, 4.69) is 22.1 Å². The third-order valence-electron chi connectivity index (χ3n) is 6.63. The quantitative estimate of drug-likeness (QED) is 0.280. The number of phenols is 1. The Morgan fingerprint density at radius 1 is 1.05 bits per heavy atom. The predicted octanol–water partition coefficient (Wildman–Crippen LogP) is 5.50. The minimum atomic E-state index is -0.452. The number of aromatic nitrogens is 3. The number of amides is 1. The first-order chi connectivity index (χ1) is 18.1. The lowest BCUT2D eigenvalue weighted by atomic mass is 9.95. The second-order valence-electron chi connectivity index (χ2n) is 9.03. The number of nitrogens with zero attached hydrogens (tertiary/aromatic N) is 3. The standard InChI is InChI=1S/C29H30N4O4/c1-3-4-7-16-37-23-11-10-20(17-24(23)36-2)28-25-26(21-8-5-6-9-22(21)34)31-32-27(25)29(35)33(28)18-19-12-14-30-15-13-19/h5-6,8-15,17,28,34H,3-4,7,16,18H2,1-2H3,(H,31,32). The van der Waals surface area contributed by atoms with Crippen molar-refractivity contribution < 1.29 is 19.4 Å². The molecule has 0 saturated carbocycles. The Kier molecular flexibility index (Phi) is 7.07. The van der Waals surface area contributed by atoms with Crippen LogP contribution in [-0.4, -0.2) is 44.8 Å². The molecule has 37 heavy (non-hydrogen) atoms. The van der Waals surface area contributed by atoms with Gasteiger partial charge >= 0.3 is 0 Å². The van der Waals surface area contributed by atoms with Gasteiger partial charge in [0.25, 0.3) is 5.91 Å². The van der Waals surface area contributed by atoms with Gasteiger partial charge in [-0.25, -0.2) is 0 Å². The van der Waals surface area contributed by atoms with Gasteiger partial charge in [-0.3, -0.25) is 14.9 Å². The van der Waals surface area contributed by atoms with Crippen LogP contribution in [0.4, 0.5) is 0 Å². The number of carbonyl (C=O) groups excluding carboxylic acids is 1. The minimum absolute atomic E-state index is 0.101. The van der Waals surface area contributed by atoms with Crippen LogP contribution in [0.1, 0.15) is 59.4 Å². The number of unbranched alkanes of at least 4 members (excludes halogenated alkanes) is 2. The Bertz CT molecular complexity index is 1390. The monoisotopic (exact) mass is 498 g/mol. The van der Waals surface area contributed by atoms with Crippen LogP contribution in [0.25, 0.3) is 11.3 Å². The van der Waals surface area contributed by atoms with Gasteiger partial charge in [0.15, 0.2) is 11.5 Å². The highest BCUT2D eigenvalue weighted by molar-refractivity contribution is 6.00. The molecule has 190 valence electrons. The van der Waals surface area contributed by atoms with Gasteiger partial charge in [-0.05, 0) is 53.9 Å². The molecule has 0 spiro atoms. The number of aromatic amines is 1. The number of hydrogen-bond acceptors (Lipinski definition) is 6. The summed E-state index contributed by atoms with van der Waals surface area (Å²) in [4.78, 5) is 19.6. The van der Waals surface area contributed by atoms with Crippen molar-refractivity contribution >= 4 is 5.91 Å². The largest absolute Gasteiger partial charge is 0.507 e. The van der Waals surface area contributed by atoms with Gasteiger partial charge in [0.1, 0.15) is 17.1 Å². The zero-order valence-electron chi connectivity index (χ0n) is 21.0. The van der Waals surface area contributed by atoms with E-state index in [-0.39, 0.29) is 11.7 Å². The topological polar surface area (TPSA) is 101 Å². The molecule has 2 aromatic carbocycles. The van der Waals surface area contributed by atoms with Gasteiger partial charge in [0, 0.05) is 30.1 Å². The van der Waals surface area contributed by atoms with Crippen LogP contribution in [0, 0.1) is 0 Å². The summed E-state index contributed by atoms with van der Waals surface area (Å²) in [5, 5.41) is 18.0. The number of methoxy groups -OCH3 is 1. The van der Waals surface area contributed by atoms with Crippen molar-refractivity contribution in [1.29, 1.82) is 0 Å². The lowest BCUT2D eigenvalue weighted by molar-refractivity contribution is 0.0729. The zero-order valence-corrected chi connectivity index (χ0v) is 21.0. The number of aromatic hydroxyl groups is 1.